The van der Waals surface area contributed by atoms with Gasteiger partial charge in [0.05, 0.1) is 5.69 Å². The third-order valence-corrected chi connectivity index (χ3v) is 2.99. The summed E-state index contributed by atoms with van der Waals surface area (Å²) in [6, 6.07) is 8.32. The molecule has 0 bridgehead atoms. The van der Waals surface area contributed by atoms with Crippen LogP contribution in [-0.4, -0.2) is 16.5 Å². The van der Waals surface area contributed by atoms with Gasteiger partial charge in [-0.15, -0.1) is 0 Å². The van der Waals surface area contributed by atoms with Crippen LogP contribution in [0.2, 0.25) is 0 Å². The fraction of sp³-hybridized carbons (Fsp3) is 0.333. The highest BCUT2D eigenvalue weighted by Gasteiger charge is 2.14. The molecule has 1 heterocycles. The van der Waals surface area contributed by atoms with E-state index in [1.807, 2.05) is 6.92 Å². The number of nitrogen functional groups attached to an aromatic ring is 1. The highest BCUT2D eigenvalue weighted by atomic mass is 19.1. The molecule has 2 rings (SSSR count). The zero-order chi connectivity index (χ0) is 14.5. The number of hydrogen-bond acceptors (Lipinski definition) is 4. The minimum Gasteiger partial charge on any atom is -0.384 e. The number of aryl methyl sites for hydroxylation is 1. The van der Waals surface area contributed by atoms with Gasteiger partial charge in [-0.05, 0) is 25.5 Å². The van der Waals surface area contributed by atoms with Crippen LogP contribution in [0.4, 0.5) is 21.7 Å². The molecule has 0 saturated carbocycles. The molecule has 0 aliphatic carbocycles. The van der Waals surface area contributed by atoms with Gasteiger partial charge in [0.2, 0.25) is 0 Å². The maximum atomic E-state index is 13.9. The number of para-hydroxylation sites is 1. The molecule has 1 aromatic carbocycles. The van der Waals surface area contributed by atoms with Crippen molar-refractivity contribution in [1.29, 1.82) is 0 Å². The van der Waals surface area contributed by atoms with Crippen molar-refractivity contribution in [3.8, 4) is 0 Å². The fourth-order valence-corrected chi connectivity index (χ4v) is 2.10. The van der Waals surface area contributed by atoms with Gasteiger partial charge in [-0.2, -0.15) is 0 Å². The monoisotopic (exact) mass is 274 g/mol. The Morgan fingerprint density at radius 2 is 1.95 bits per heavy atom. The van der Waals surface area contributed by atoms with Crippen molar-refractivity contribution in [1.82, 2.24) is 9.97 Å². The van der Waals surface area contributed by atoms with Crippen LogP contribution in [0, 0.1) is 5.82 Å². The summed E-state index contributed by atoms with van der Waals surface area (Å²) in [7, 11) is 0. The molecule has 0 unspecified atom stereocenters. The Morgan fingerprint density at radius 1 is 1.20 bits per heavy atom. The van der Waals surface area contributed by atoms with Crippen LogP contribution in [0.1, 0.15) is 26.1 Å². The van der Waals surface area contributed by atoms with E-state index in [2.05, 4.69) is 16.9 Å². The average Bonchev–Trinajstić information content (AvgIpc) is 2.41. The molecule has 20 heavy (non-hydrogen) atoms. The second-order valence-electron chi connectivity index (χ2n) is 4.51. The lowest BCUT2D eigenvalue weighted by Crippen LogP contribution is -2.20. The molecular weight excluding hydrogens is 255 g/mol. The third kappa shape index (κ3) is 3.04. The van der Waals surface area contributed by atoms with Gasteiger partial charge in [0.1, 0.15) is 23.3 Å². The minimum absolute atomic E-state index is 0.274. The Kier molecular flexibility index (Phi) is 4.50. The van der Waals surface area contributed by atoms with Crippen molar-refractivity contribution < 1.29 is 4.39 Å². The number of anilines is 3. The summed E-state index contributed by atoms with van der Waals surface area (Å²) >= 11 is 0. The number of hydrogen-bond donors (Lipinski definition) is 1. The van der Waals surface area contributed by atoms with Crippen molar-refractivity contribution in [2.24, 2.45) is 0 Å². The molecule has 0 radical (unpaired) electrons. The van der Waals surface area contributed by atoms with Gasteiger partial charge in [0, 0.05) is 19.0 Å². The lowest BCUT2D eigenvalue weighted by molar-refractivity contribution is 0.625. The van der Waals surface area contributed by atoms with Gasteiger partial charge >= 0.3 is 0 Å². The van der Waals surface area contributed by atoms with Gasteiger partial charge in [0.25, 0.3) is 0 Å². The standard InChI is InChI=1S/C15H19FN4/c1-3-7-14-18-13(17)10-15(19-14)20(4-2)12-9-6-5-8-11(12)16/h5-6,8-10H,3-4,7H2,1-2H3,(H2,17,18,19). The molecule has 5 heteroatoms. The van der Waals surface area contributed by atoms with Gasteiger partial charge in [-0.1, -0.05) is 19.1 Å². The van der Waals surface area contributed by atoms with Crippen LogP contribution in [0.5, 0.6) is 0 Å². The lowest BCUT2D eigenvalue weighted by Gasteiger charge is -2.23. The molecule has 0 spiro atoms. The smallest absolute Gasteiger partial charge is 0.146 e. The summed E-state index contributed by atoms with van der Waals surface area (Å²) in [5.74, 6) is 1.46. The van der Waals surface area contributed by atoms with E-state index in [4.69, 9.17) is 5.73 Å². The van der Waals surface area contributed by atoms with Crippen molar-refractivity contribution in [3.63, 3.8) is 0 Å². The van der Waals surface area contributed by atoms with Gasteiger partial charge in [0.15, 0.2) is 0 Å². The van der Waals surface area contributed by atoms with E-state index in [0.29, 0.717) is 29.7 Å². The van der Waals surface area contributed by atoms with Crippen molar-refractivity contribution >= 4 is 17.3 Å². The Morgan fingerprint density at radius 3 is 2.60 bits per heavy atom. The maximum absolute atomic E-state index is 13.9. The van der Waals surface area contributed by atoms with E-state index in [-0.39, 0.29) is 5.82 Å². The molecule has 2 N–H and O–H groups in total. The van der Waals surface area contributed by atoms with Crippen molar-refractivity contribution in [3.05, 3.63) is 42.0 Å². The van der Waals surface area contributed by atoms with E-state index in [1.165, 1.54) is 6.07 Å². The summed E-state index contributed by atoms with van der Waals surface area (Å²) in [6.45, 7) is 4.61. The molecule has 0 atom stereocenters. The number of nitrogens with two attached hydrogens (primary N) is 1. The number of aromatic nitrogens is 2. The minimum atomic E-state index is -0.274. The van der Waals surface area contributed by atoms with Crippen molar-refractivity contribution in [2.75, 3.05) is 17.2 Å². The third-order valence-electron chi connectivity index (χ3n) is 2.99. The van der Waals surface area contributed by atoms with E-state index < -0.39 is 0 Å². The summed E-state index contributed by atoms with van der Waals surface area (Å²) in [5.41, 5.74) is 6.32. The largest absolute Gasteiger partial charge is 0.384 e. The predicted molar refractivity (Wildman–Crippen MR) is 79.5 cm³/mol. The number of benzene rings is 1. The summed E-state index contributed by atoms with van der Waals surface area (Å²) in [6.07, 6.45) is 1.70. The normalized spacial score (nSPS) is 10.6. The number of rotatable bonds is 5. The molecule has 106 valence electrons. The van der Waals surface area contributed by atoms with Gasteiger partial charge in [-0.25, -0.2) is 14.4 Å². The quantitative estimate of drug-likeness (QED) is 0.908. The molecule has 0 saturated heterocycles. The van der Waals surface area contributed by atoms with E-state index in [9.17, 15) is 4.39 Å². The Hall–Kier alpha value is -2.17. The molecule has 2 aromatic rings. The zero-order valence-corrected chi connectivity index (χ0v) is 11.8. The molecule has 4 nitrogen and oxygen atoms in total. The molecule has 0 aliphatic rings. The van der Waals surface area contributed by atoms with E-state index >= 15 is 0 Å². The summed E-state index contributed by atoms with van der Waals surface area (Å²) < 4.78 is 13.9. The van der Waals surface area contributed by atoms with Crippen LogP contribution in [0.15, 0.2) is 30.3 Å². The first-order chi connectivity index (χ1) is 9.65. The Balaban J connectivity index is 2.44. The zero-order valence-electron chi connectivity index (χ0n) is 11.8. The molecule has 0 amide bonds. The summed E-state index contributed by atoms with van der Waals surface area (Å²) in [4.78, 5) is 10.5. The lowest BCUT2D eigenvalue weighted by atomic mass is 10.2. The number of nitrogens with zero attached hydrogens (tertiary/aromatic N) is 3. The fourth-order valence-electron chi connectivity index (χ4n) is 2.10. The molecular formula is C15H19FN4. The second-order valence-corrected chi connectivity index (χ2v) is 4.51. The van der Waals surface area contributed by atoms with E-state index in [0.717, 1.165) is 12.8 Å². The van der Waals surface area contributed by atoms with Gasteiger partial charge in [-0.3, -0.25) is 0 Å². The maximum Gasteiger partial charge on any atom is 0.146 e. The first-order valence-corrected chi connectivity index (χ1v) is 6.81. The van der Waals surface area contributed by atoms with Crippen LogP contribution >= 0.6 is 0 Å². The average molecular weight is 274 g/mol. The molecule has 0 fully saturated rings. The first-order valence-electron chi connectivity index (χ1n) is 6.81. The van der Waals surface area contributed by atoms with Crippen molar-refractivity contribution in [2.45, 2.75) is 26.7 Å². The highest BCUT2D eigenvalue weighted by molar-refractivity contribution is 5.62. The van der Waals surface area contributed by atoms with Crippen LogP contribution in [0.3, 0.4) is 0 Å². The Bertz CT molecular complexity index is 586. The topological polar surface area (TPSA) is 55.0 Å². The second kappa shape index (κ2) is 6.32. The van der Waals surface area contributed by atoms with Crippen LogP contribution < -0.4 is 10.6 Å². The first kappa shape index (κ1) is 14.2. The number of halogens is 1. The van der Waals surface area contributed by atoms with Crippen LogP contribution in [0.25, 0.3) is 0 Å². The molecule has 1 aromatic heterocycles. The predicted octanol–water partition coefficient (Wildman–Crippen LogP) is 3.31. The Labute approximate surface area is 118 Å². The van der Waals surface area contributed by atoms with E-state index in [1.54, 1.807) is 29.2 Å². The van der Waals surface area contributed by atoms with Gasteiger partial charge < -0.3 is 10.6 Å². The molecule has 0 aliphatic heterocycles. The summed E-state index contributed by atoms with van der Waals surface area (Å²) in [5, 5.41) is 0. The SMILES string of the molecule is CCCc1nc(N)cc(N(CC)c2ccccc2F)n1. The van der Waals surface area contributed by atoms with Crippen LogP contribution in [-0.2, 0) is 6.42 Å². The highest BCUT2D eigenvalue weighted by Crippen LogP contribution is 2.27.